The van der Waals surface area contributed by atoms with Gasteiger partial charge in [-0.05, 0) is 19.8 Å². The van der Waals surface area contributed by atoms with E-state index in [1.807, 2.05) is 0 Å². The molecule has 1 saturated carbocycles. The van der Waals surface area contributed by atoms with Gasteiger partial charge in [0.15, 0.2) is 0 Å². The average Bonchev–Trinajstić information content (AvgIpc) is 2.48. The Kier molecular flexibility index (Phi) is 3.27. The van der Waals surface area contributed by atoms with Crippen molar-refractivity contribution in [2.75, 3.05) is 6.54 Å². The van der Waals surface area contributed by atoms with Crippen LogP contribution < -0.4 is 11.1 Å². The van der Waals surface area contributed by atoms with Crippen molar-refractivity contribution in [1.82, 2.24) is 5.32 Å². The van der Waals surface area contributed by atoms with Crippen molar-refractivity contribution in [3.63, 3.8) is 0 Å². The molecule has 13 heavy (non-hydrogen) atoms. The van der Waals surface area contributed by atoms with Gasteiger partial charge in [0.2, 0.25) is 0 Å². The third kappa shape index (κ3) is 2.97. The molecule has 4 heteroatoms. The normalized spacial score (nSPS) is 22.9. The summed E-state index contributed by atoms with van der Waals surface area (Å²) in [5.74, 6) is -0.936. The van der Waals surface area contributed by atoms with Crippen LogP contribution in [0.3, 0.4) is 0 Å². The highest BCUT2D eigenvalue weighted by atomic mass is 16.4. The zero-order valence-corrected chi connectivity index (χ0v) is 8.05. The molecule has 0 heterocycles. The second kappa shape index (κ2) is 4.07. The van der Waals surface area contributed by atoms with Crippen molar-refractivity contribution in [3.8, 4) is 0 Å². The minimum absolute atomic E-state index is 0.118. The molecule has 0 bridgehead atoms. The third-order valence-corrected chi connectivity index (χ3v) is 2.77. The van der Waals surface area contributed by atoms with Gasteiger partial charge in [-0.2, -0.15) is 0 Å². The molecule has 1 rings (SSSR count). The van der Waals surface area contributed by atoms with Crippen molar-refractivity contribution in [2.45, 2.75) is 44.2 Å². The Hall–Kier alpha value is -0.610. The summed E-state index contributed by atoms with van der Waals surface area (Å²) in [6.07, 6.45) is 4.70. The molecule has 1 unspecified atom stereocenters. The highest BCUT2D eigenvalue weighted by Crippen LogP contribution is 2.28. The van der Waals surface area contributed by atoms with E-state index in [0.29, 0.717) is 6.54 Å². The molecule has 0 saturated heterocycles. The summed E-state index contributed by atoms with van der Waals surface area (Å²) >= 11 is 0. The topological polar surface area (TPSA) is 75.3 Å². The first kappa shape index (κ1) is 10.5. The monoisotopic (exact) mass is 186 g/mol. The molecule has 0 amide bonds. The van der Waals surface area contributed by atoms with Crippen molar-refractivity contribution in [3.05, 3.63) is 0 Å². The lowest BCUT2D eigenvalue weighted by molar-refractivity contribution is -0.138. The van der Waals surface area contributed by atoms with Crippen LogP contribution in [-0.2, 0) is 4.79 Å². The highest BCUT2D eigenvalue weighted by molar-refractivity contribution is 5.73. The fourth-order valence-corrected chi connectivity index (χ4v) is 1.78. The Morgan fingerprint density at radius 2 is 2.15 bits per heavy atom. The lowest BCUT2D eigenvalue weighted by atomic mass is 10.0. The minimum Gasteiger partial charge on any atom is -0.480 e. The van der Waals surface area contributed by atoms with Gasteiger partial charge in [-0.25, -0.2) is 0 Å². The van der Waals surface area contributed by atoms with Gasteiger partial charge in [0.1, 0.15) is 6.04 Å². The average molecular weight is 186 g/mol. The van der Waals surface area contributed by atoms with Crippen molar-refractivity contribution >= 4 is 5.97 Å². The van der Waals surface area contributed by atoms with Gasteiger partial charge in [-0.15, -0.1) is 0 Å². The van der Waals surface area contributed by atoms with Crippen LogP contribution in [0.25, 0.3) is 0 Å². The van der Waals surface area contributed by atoms with Gasteiger partial charge in [0.05, 0.1) is 0 Å². The molecular weight excluding hydrogens is 168 g/mol. The van der Waals surface area contributed by atoms with Crippen LogP contribution in [0.1, 0.15) is 32.6 Å². The first-order valence-electron chi connectivity index (χ1n) is 4.77. The maximum Gasteiger partial charge on any atom is 0.321 e. The molecule has 1 fully saturated rings. The third-order valence-electron chi connectivity index (χ3n) is 2.77. The maximum absolute atomic E-state index is 10.4. The molecule has 0 aromatic heterocycles. The van der Waals surface area contributed by atoms with Crippen LogP contribution in [0.2, 0.25) is 0 Å². The minimum atomic E-state index is -0.936. The molecule has 1 aliphatic carbocycles. The SMILES string of the molecule is CC1(NCC(N)C(=O)O)CCCC1. The van der Waals surface area contributed by atoms with E-state index in [-0.39, 0.29) is 5.54 Å². The number of carbonyl (C=O) groups is 1. The van der Waals surface area contributed by atoms with Crippen LogP contribution in [0.5, 0.6) is 0 Å². The predicted molar refractivity (Wildman–Crippen MR) is 50.5 cm³/mol. The molecule has 0 spiro atoms. The van der Waals surface area contributed by atoms with E-state index in [1.165, 1.54) is 12.8 Å². The largest absolute Gasteiger partial charge is 0.480 e. The summed E-state index contributed by atoms with van der Waals surface area (Å²) in [4.78, 5) is 10.4. The van der Waals surface area contributed by atoms with E-state index < -0.39 is 12.0 Å². The van der Waals surface area contributed by atoms with E-state index in [0.717, 1.165) is 12.8 Å². The predicted octanol–water partition coefficient (Wildman–Crippen LogP) is 0.321. The van der Waals surface area contributed by atoms with E-state index in [2.05, 4.69) is 12.2 Å². The summed E-state index contributed by atoms with van der Waals surface area (Å²) in [5.41, 5.74) is 5.51. The molecule has 76 valence electrons. The number of nitrogens with one attached hydrogen (secondary N) is 1. The highest BCUT2D eigenvalue weighted by Gasteiger charge is 2.28. The second-order valence-electron chi connectivity index (χ2n) is 4.09. The van der Waals surface area contributed by atoms with Gasteiger partial charge >= 0.3 is 5.97 Å². The maximum atomic E-state index is 10.4. The zero-order valence-electron chi connectivity index (χ0n) is 8.05. The molecule has 4 N–H and O–H groups in total. The number of rotatable bonds is 4. The number of aliphatic carboxylic acids is 1. The zero-order chi connectivity index (χ0) is 9.90. The lowest BCUT2D eigenvalue weighted by Crippen LogP contribution is -2.48. The number of hydrogen-bond acceptors (Lipinski definition) is 3. The van der Waals surface area contributed by atoms with Crippen molar-refractivity contribution in [2.24, 2.45) is 5.73 Å². The quantitative estimate of drug-likeness (QED) is 0.591. The van der Waals surface area contributed by atoms with Gasteiger partial charge in [-0.1, -0.05) is 12.8 Å². The number of nitrogens with two attached hydrogens (primary N) is 1. The van der Waals surface area contributed by atoms with Crippen LogP contribution in [0, 0.1) is 0 Å². The molecule has 1 aliphatic rings. The molecule has 0 aromatic rings. The summed E-state index contributed by atoms with van der Waals surface area (Å²) in [6, 6.07) is -0.780. The van der Waals surface area contributed by atoms with E-state index in [9.17, 15) is 4.79 Å². The van der Waals surface area contributed by atoms with E-state index in [4.69, 9.17) is 10.8 Å². The van der Waals surface area contributed by atoms with Crippen molar-refractivity contribution in [1.29, 1.82) is 0 Å². The first-order chi connectivity index (χ1) is 6.03. The number of carboxylic acid groups (broad SMARTS) is 1. The summed E-state index contributed by atoms with van der Waals surface area (Å²) in [6.45, 7) is 2.50. The van der Waals surface area contributed by atoms with Crippen molar-refractivity contribution < 1.29 is 9.90 Å². The smallest absolute Gasteiger partial charge is 0.321 e. The molecule has 4 nitrogen and oxygen atoms in total. The summed E-state index contributed by atoms with van der Waals surface area (Å²) in [7, 11) is 0. The van der Waals surface area contributed by atoms with E-state index >= 15 is 0 Å². The Labute approximate surface area is 78.5 Å². The summed E-state index contributed by atoms with van der Waals surface area (Å²) < 4.78 is 0. The molecule has 0 aromatic carbocycles. The van der Waals surface area contributed by atoms with Gasteiger partial charge < -0.3 is 16.2 Å². The Morgan fingerprint density at radius 3 is 2.62 bits per heavy atom. The second-order valence-corrected chi connectivity index (χ2v) is 4.09. The first-order valence-corrected chi connectivity index (χ1v) is 4.77. The van der Waals surface area contributed by atoms with Gasteiger partial charge in [0, 0.05) is 12.1 Å². The number of hydrogen-bond donors (Lipinski definition) is 3. The molecule has 0 radical (unpaired) electrons. The lowest BCUT2D eigenvalue weighted by Gasteiger charge is -2.26. The number of carboxylic acids is 1. The molecule has 1 atom stereocenters. The van der Waals surface area contributed by atoms with Crippen LogP contribution >= 0.6 is 0 Å². The van der Waals surface area contributed by atoms with Crippen LogP contribution in [0.15, 0.2) is 0 Å². The Balaban J connectivity index is 2.28. The van der Waals surface area contributed by atoms with E-state index in [1.54, 1.807) is 0 Å². The molecular formula is C9H18N2O2. The van der Waals surface area contributed by atoms with Crippen LogP contribution in [-0.4, -0.2) is 29.2 Å². The van der Waals surface area contributed by atoms with Gasteiger partial charge in [0.25, 0.3) is 0 Å². The fraction of sp³-hybridized carbons (Fsp3) is 0.889. The Morgan fingerprint density at radius 1 is 1.62 bits per heavy atom. The standard InChI is InChI=1S/C9H18N2O2/c1-9(4-2-3-5-9)11-6-7(10)8(12)13/h7,11H,2-6,10H2,1H3,(H,12,13). The van der Waals surface area contributed by atoms with Crippen LogP contribution in [0.4, 0.5) is 0 Å². The Bertz CT molecular complexity index is 188. The molecule has 0 aliphatic heterocycles. The van der Waals surface area contributed by atoms with Gasteiger partial charge in [-0.3, -0.25) is 4.79 Å². The summed E-state index contributed by atoms with van der Waals surface area (Å²) in [5, 5.41) is 11.8. The fourth-order valence-electron chi connectivity index (χ4n) is 1.78.